The largest absolute Gasteiger partial charge is 0.476 e. The minimum Gasteiger partial charge on any atom is -0.476 e. The van der Waals surface area contributed by atoms with Crippen LogP contribution in [0.5, 0.6) is 0 Å². The van der Waals surface area contributed by atoms with Crippen molar-refractivity contribution in [3.8, 4) is 0 Å². The number of carbonyl (C=O) groups is 2. The van der Waals surface area contributed by atoms with E-state index in [0.717, 1.165) is 0 Å². The van der Waals surface area contributed by atoms with Gasteiger partial charge in [0.15, 0.2) is 15.6 Å². The van der Waals surface area contributed by atoms with Crippen LogP contribution < -0.4 is 0 Å². The van der Waals surface area contributed by atoms with Crippen LogP contribution in [0.3, 0.4) is 0 Å². The summed E-state index contributed by atoms with van der Waals surface area (Å²) in [6.07, 6.45) is 0. The topological polar surface area (TPSA) is 109 Å². The van der Waals surface area contributed by atoms with E-state index >= 15 is 0 Å². The monoisotopic (exact) mass is 200 g/mol. The normalized spacial score (nSPS) is 15.3. The van der Waals surface area contributed by atoms with Crippen molar-refractivity contribution in [1.29, 1.82) is 0 Å². The summed E-state index contributed by atoms with van der Waals surface area (Å²) in [5.41, 5.74) is -3.15. The van der Waals surface area contributed by atoms with Gasteiger partial charge in [-0.2, -0.15) is 0 Å². The molecule has 0 aliphatic heterocycles. The van der Waals surface area contributed by atoms with Crippen molar-refractivity contribution in [1.82, 2.24) is 0 Å². The molecule has 0 fully saturated rings. The van der Waals surface area contributed by atoms with Gasteiger partial charge in [0.2, 0.25) is 0 Å². The van der Waals surface area contributed by atoms with Gasteiger partial charge in [-0.3, -0.25) is 0 Å². The Bertz CT molecular complexity index is 208. The average molecular weight is 200 g/mol. The molecule has 6 nitrogen and oxygen atoms in total. The second-order valence-electron chi connectivity index (χ2n) is 1.63. The first-order chi connectivity index (χ1) is 4.95. The molecule has 0 amide bonds. The number of rotatable bonds is 4. The zero-order valence-corrected chi connectivity index (χ0v) is 7.23. The van der Waals surface area contributed by atoms with Gasteiger partial charge in [-0.05, 0) is 0 Å². The number of hydrogen-bond donors (Lipinski definition) is 2. The van der Waals surface area contributed by atoms with Gasteiger partial charge in [-0.25, -0.2) is 9.59 Å². The van der Waals surface area contributed by atoms with Crippen LogP contribution in [0.4, 0.5) is 9.59 Å². The summed E-state index contributed by atoms with van der Waals surface area (Å²) < 4.78 is 20.8. The van der Waals surface area contributed by atoms with E-state index in [1.165, 1.54) is 0 Å². The predicted octanol–water partition coefficient (Wildman–Crippen LogP) is 1.42. The van der Waals surface area contributed by atoms with Gasteiger partial charge in [0.1, 0.15) is 0 Å². The summed E-state index contributed by atoms with van der Waals surface area (Å²) in [5.74, 6) is -0.722. The lowest BCUT2D eigenvalue weighted by atomic mass is 11.6. The number of hydrogen-bond acceptors (Lipinski definition) is 4. The summed E-state index contributed by atoms with van der Waals surface area (Å²) in [6.45, 7) is 0. The summed E-state index contributed by atoms with van der Waals surface area (Å²) in [6, 6.07) is 0. The molecule has 0 aliphatic rings. The molecule has 0 aromatic rings. The highest BCUT2D eigenvalue weighted by Gasteiger charge is 2.17. The average Bonchev–Trinajstić information content (AvgIpc) is 1.87. The molecule has 2 unspecified atom stereocenters. The predicted molar refractivity (Wildman–Crippen MR) is 38.9 cm³/mol. The molecular formula is C3H6O6P2. The summed E-state index contributed by atoms with van der Waals surface area (Å²) >= 11 is 0. The van der Waals surface area contributed by atoms with Crippen LogP contribution in [0.25, 0.3) is 0 Å². The quantitative estimate of drug-likeness (QED) is 0.664. The van der Waals surface area contributed by atoms with Crippen molar-refractivity contribution < 1.29 is 28.9 Å². The molecule has 0 spiro atoms. The first-order valence-corrected chi connectivity index (χ1v) is 5.70. The molecule has 0 saturated heterocycles. The Morgan fingerprint density at radius 3 is 1.45 bits per heavy atom. The van der Waals surface area contributed by atoms with E-state index in [2.05, 4.69) is 0 Å². The van der Waals surface area contributed by atoms with Crippen LogP contribution in [0, 0.1) is 0 Å². The van der Waals surface area contributed by atoms with Gasteiger partial charge < -0.3 is 19.3 Å². The molecule has 0 aromatic heterocycles. The lowest BCUT2D eigenvalue weighted by molar-refractivity contribution is 0.219. The van der Waals surface area contributed by atoms with Gasteiger partial charge in [0, 0.05) is 0 Å². The maximum Gasteiger partial charge on any atom is 0.359 e. The molecule has 0 bridgehead atoms. The van der Waals surface area contributed by atoms with Crippen molar-refractivity contribution in [2.24, 2.45) is 0 Å². The first-order valence-electron chi connectivity index (χ1n) is 2.47. The lowest BCUT2D eigenvalue weighted by Gasteiger charge is -1.91. The minimum absolute atomic E-state index is 0.722. The molecule has 64 valence electrons. The molecular weight excluding hydrogens is 194 g/mol. The fourth-order valence-corrected chi connectivity index (χ4v) is 2.67. The Morgan fingerprint density at radius 2 is 1.27 bits per heavy atom. The standard InChI is InChI=1S/C3H6O6P2/c4-2(5)10(8)1-11(9)3(6)7/h10-11H,1H2,(H,4,5)(H,6,7). The van der Waals surface area contributed by atoms with E-state index in [1.54, 1.807) is 0 Å². The molecule has 0 aromatic carbocycles. The van der Waals surface area contributed by atoms with Gasteiger partial charge >= 0.3 is 11.4 Å². The summed E-state index contributed by atoms with van der Waals surface area (Å²) in [5, 5.41) is 16.1. The highest BCUT2D eigenvalue weighted by atomic mass is 31.2. The van der Waals surface area contributed by atoms with Crippen molar-refractivity contribution in [2.75, 3.05) is 5.90 Å². The Morgan fingerprint density at radius 1 is 1.00 bits per heavy atom. The molecule has 11 heavy (non-hydrogen) atoms. The third kappa shape index (κ3) is 3.96. The number of carboxylic acid groups (broad SMARTS) is 2. The zero-order chi connectivity index (χ0) is 9.02. The molecule has 0 saturated carbocycles. The molecule has 0 heterocycles. The van der Waals surface area contributed by atoms with E-state index in [1.807, 2.05) is 0 Å². The SMILES string of the molecule is O=C(O)[PH](=O)C[PH](=O)C(=O)O. The van der Waals surface area contributed by atoms with Crippen molar-refractivity contribution in [3.05, 3.63) is 0 Å². The van der Waals surface area contributed by atoms with E-state index in [4.69, 9.17) is 10.2 Å². The second kappa shape index (κ2) is 4.31. The van der Waals surface area contributed by atoms with E-state index in [9.17, 15) is 18.7 Å². The molecule has 8 heteroatoms. The van der Waals surface area contributed by atoms with Crippen LogP contribution in [0.15, 0.2) is 0 Å². The maximum atomic E-state index is 10.4. The van der Waals surface area contributed by atoms with Crippen LogP contribution in [-0.4, -0.2) is 27.5 Å². The Labute approximate surface area is 62.8 Å². The van der Waals surface area contributed by atoms with Crippen LogP contribution in [-0.2, 0) is 9.13 Å². The first kappa shape index (κ1) is 10.4. The van der Waals surface area contributed by atoms with Crippen molar-refractivity contribution >= 4 is 27.0 Å². The molecule has 2 atom stereocenters. The summed E-state index contributed by atoms with van der Waals surface area (Å²) in [4.78, 5) is 19.7. The second-order valence-corrected chi connectivity index (χ2v) is 5.60. The zero-order valence-electron chi connectivity index (χ0n) is 5.23. The third-order valence-corrected chi connectivity index (χ3v) is 4.32. The fourth-order valence-electron chi connectivity index (χ4n) is 0.297. The molecule has 0 aliphatic carbocycles. The van der Waals surface area contributed by atoms with Crippen LogP contribution >= 0.6 is 15.6 Å². The van der Waals surface area contributed by atoms with Gasteiger partial charge in [0.25, 0.3) is 0 Å². The smallest absolute Gasteiger partial charge is 0.359 e. The molecule has 0 radical (unpaired) electrons. The third-order valence-electron chi connectivity index (χ3n) is 0.798. The molecule has 0 rings (SSSR count). The van der Waals surface area contributed by atoms with Gasteiger partial charge in [0.05, 0.1) is 5.90 Å². The van der Waals surface area contributed by atoms with Crippen LogP contribution in [0.1, 0.15) is 0 Å². The van der Waals surface area contributed by atoms with Gasteiger partial charge in [-0.15, -0.1) is 0 Å². The highest BCUT2D eigenvalue weighted by Crippen LogP contribution is 2.36. The van der Waals surface area contributed by atoms with E-state index < -0.39 is 32.9 Å². The molecule has 2 N–H and O–H groups in total. The van der Waals surface area contributed by atoms with Crippen LogP contribution in [0.2, 0.25) is 0 Å². The van der Waals surface area contributed by atoms with Gasteiger partial charge in [-0.1, -0.05) is 0 Å². The highest BCUT2D eigenvalue weighted by molar-refractivity contribution is 7.78. The lowest BCUT2D eigenvalue weighted by Crippen LogP contribution is -1.89. The Kier molecular flexibility index (Phi) is 4.08. The summed E-state index contributed by atoms with van der Waals surface area (Å²) in [7, 11) is -6.06. The fraction of sp³-hybridized carbons (Fsp3) is 0.333. The van der Waals surface area contributed by atoms with Crippen molar-refractivity contribution in [2.45, 2.75) is 0 Å². The Hall–Kier alpha value is -0.600. The van der Waals surface area contributed by atoms with E-state index in [-0.39, 0.29) is 0 Å². The van der Waals surface area contributed by atoms with E-state index in [0.29, 0.717) is 0 Å². The maximum absolute atomic E-state index is 10.4. The Balaban J connectivity index is 4.07. The van der Waals surface area contributed by atoms with Crippen molar-refractivity contribution in [3.63, 3.8) is 0 Å². The minimum atomic E-state index is -3.03.